The van der Waals surface area contributed by atoms with Crippen LogP contribution in [-0.2, 0) is 0 Å². The van der Waals surface area contributed by atoms with Crippen LogP contribution in [0.25, 0.3) is 0 Å². The molecule has 1 aliphatic rings. The van der Waals surface area contributed by atoms with Gasteiger partial charge in [-0.15, -0.1) is 0 Å². The molecule has 2 atom stereocenters. The zero-order chi connectivity index (χ0) is 22.9. The second-order valence-electron chi connectivity index (χ2n) is 8.73. The molecule has 31 heavy (non-hydrogen) atoms. The van der Waals surface area contributed by atoms with Gasteiger partial charge in [0.2, 0.25) is 0 Å². The van der Waals surface area contributed by atoms with E-state index in [1.165, 1.54) is 38.4 Å². The molecule has 0 saturated carbocycles. The summed E-state index contributed by atoms with van der Waals surface area (Å²) in [5.74, 6) is 1.97. The molecule has 0 fully saturated rings. The number of hydrogen-bond acceptors (Lipinski definition) is 3. The predicted octanol–water partition coefficient (Wildman–Crippen LogP) is 5.19. The van der Waals surface area contributed by atoms with E-state index in [0.717, 1.165) is 11.5 Å². The van der Waals surface area contributed by atoms with Gasteiger partial charge in [-0.05, 0) is 119 Å². The molecule has 0 radical (unpaired) electrons. The Morgan fingerprint density at radius 1 is 0.806 bits per heavy atom. The van der Waals surface area contributed by atoms with E-state index in [0.29, 0.717) is 11.7 Å². The first-order valence-electron chi connectivity index (χ1n) is 10.8. The number of hydrogen-bond donors (Lipinski definition) is 0. The molecule has 0 heterocycles. The summed E-state index contributed by atoms with van der Waals surface area (Å²) >= 11 is 0. The molecule has 3 rings (SSSR count). The van der Waals surface area contributed by atoms with Gasteiger partial charge < -0.3 is 14.4 Å². The number of allylic oxidation sites excluding steroid dienone is 3. The average molecular weight is 438 g/mol. The van der Waals surface area contributed by atoms with E-state index in [-0.39, 0.29) is 0 Å². The first-order chi connectivity index (χ1) is 14.7. The van der Waals surface area contributed by atoms with Crippen molar-refractivity contribution in [3.63, 3.8) is 0 Å². The molecule has 0 spiro atoms. The Balaban J connectivity index is 2.21. The lowest BCUT2D eigenvalue weighted by Crippen LogP contribution is -2.32. The fraction of sp³-hybridized carbons (Fsp3) is 0.407. The molecule has 0 amide bonds. The number of ether oxygens (including phenoxy) is 2. The highest BCUT2D eigenvalue weighted by Gasteiger charge is 2.32. The number of aryl methyl sites for hydroxylation is 4. The number of methoxy groups -OCH3 is 2. The molecular weight excluding hydrogens is 401 g/mol. The Morgan fingerprint density at radius 3 is 1.58 bits per heavy atom. The van der Waals surface area contributed by atoms with Crippen molar-refractivity contribution in [2.24, 2.45) is 0 Å². The second-order valence-corrected chi connectivity index (χ2v) is 11.1. The topological polar surface area (TPSA) is 21.7 Å². The van der Waals surface area contributed by atoms with Crippen molar-refractivity contribution >= 4 is 18.5 Å². The Labute approximate surface area is 189 Å². The van der Waals surface area contributed by atoms with Crippen LogP contribution in [0.4, 0.5) is 0 Å². The van der Waals surface area contributed by atoms with E-state index in [1.807, 2.05) is 0 Å². The molecule has 2 aromatic carbocycles. The van der Waals surface area contributed by atoms with Crippen LogP contribution in [0.15, 0.2) is 48.1 Å². The molecule has 0 aromatic heterocycles. The van der Waals surface area contributed by atoms with Gasteiger partial charge in [0.25, 0.3) is 0 Å². The van der Waals surface area contributed by atoms with Crippen molar-refractivity contribution in [3.8, 4) is 11.5 Å². The summed E-state index contributed by atoms with van der Waals surface area (Å²) in [6, 6.07) is 9.70. The largest absolute Gasteiger partial charge is 0.496 e. The predicted molar refractivity (Wildman–Crippen MR) is 135 cm³/mol. The van der Waals surface area contributed by atoms with Crippen molar-refractivity contribution < 1.29 is 9.47 Å². The van der Waals surface area contributed by atoms with Crippen LogP contribution in [0, 0.1) is 27.7 Å². The number of benzene rings is 2. The molecule has 0 N–H and O–H groups in total. The lowest BCUT2D eigenvalue weighted by Gasteiger charge is -2.33. The lowest BCUT2D eigenvalue weighted by atomic mass is 10.1. The smallest absolute Gasteiger partial charge is 0.124 e. The molecule has 1 unspecified atom stereocenters. The summed E-state index contributed by atoms with van der Waals surface area (Å²) in [6.45, 7) is 10.9. The van der Waals surface area contributed by atoms with Crippen LogP contribution in [0.1, 0.15) is 29.2 Å². The summed E-state index contributed by atoms with van der Waals surface area (Å²) in [5.41, 5.74) is 6.63. The maximum atomic E-state index is 5.66. The monoisotopic (exact) mass is 437 g/mol. The number of likely N-dealkylation sites (N-methyl/N-ethyl adjacent to an activating group) is 1. The van der Waals surface area contributed by atoms with E-state index < -0.39 is 7.92 Å². The van der Waals surface area contributed by atoms with Crippen molar-refractivity contribution in [1.29, 1.82) is 0 Å². The fourth-order valence-corrected chi connectivity index (χ4v) is 7.79. The van der Waals surface area contributed by atoms with Gasteiger partial charge in [-0.2, -0.15) is 0 Å². The maximum Gasteiger partial charge on any atom is 0.124 e. The van der Waals surface area contributed by atoms with Crippen molar-refractivity contribution in [1.82, 2.24) is 4.90 Å². The first kappa shape index (κ1) is 23.6. The zero-order valence-electron chi connectivity index (χ0n) is 20.4. The maximum absolute atomic E-state index is 5.66. The van der Waals surface area contributed by atoms with Gasteiger partial charge >= 0.3 is 0 Å². The van der Waals surface area contributed by atoms with E-state index in [4.69, 9.17) is 9.47 Å². The van der Waals surface area contributed by atoms with Gasteiger partial charge in [-0.1, -0.05) is 18.2 Å². The van der Waals surface area contributed by atoms with E-state index >= 15 is 0 Å². The van der Waals surface area contributed by atoms with Crippen LogP contribution in [0.3, 0.4) is 0 Å². The van der Waals surface area contributed by atoms with Crippen molar-refractivity contribution in [2.75, 3.05) is 28.3 Å². The summed E-state index contributed by atoms with van der Waals surface area (Å²) in [6.07, 6.45) is 6.95. The Hall–Kier alpha value is -2.09. The fourth-order valence-electron chi connectivity index (χ4n) is 4.65. The molecule has 1 aliphatic carbocycles. The van der Waals surface area contributed by atoms with Crippen LogP contribution in [0.5, 0.6) is 11.5 Å². The quantitative estimate of drug-likeness (QED) is 0.557. The third kappa shape index (κ3) is 4.59. The molecule has 166 valence electrons. The van der Waals surface area contributed by atoms with Gasteiger partial charge in [0.05, 0.1) is 14.2 Å². The standard InChI is InChI=1S/C27H36NO2P/c1-17-13-22(14-18(2)26(17)29-8)31(23-15-19(3)27(30-9)20(4)16-23)25-12-10-11-24(25)21(5)28(6)7/h10-16,21,25H,1-9H3/t21-,25?/m1/s1. The summed E-state index contributed by atoms with van der Waals surface area (Å²) in [5, 5.41) is 2.78. The van der Waals surface area contributed by atoms with Crippen molar-refractivity contribution in [2.45, 2.75) is 46.3 Å². The molecule has 3 nitrogen and oxygen atoms in total. The molecular formula is C27H36NO2P. The van der Waals surface area contributed by atoms with Gasteiger partial charge in [0.15, 0.2) is 0 Å². The van der Waals surface area contributed by atoms with Crippen LogP contribution >= 0.6 is 7.92 Å². The normalized spacial score (nSPS) is 16.7. The van der Waals surface area contributed by atoms with E-state index in [9.17, 15) is 0 Å². The highest BCUT2D eigenvalue weighted by molar-refractivity contribution is 7.74. The van der Waals surface area contributed by atoms with Gasteiger partial charge in [0.1, 0.15) is 11.5 Å². The first-order valence-corrected chi connectivity index (χ1v) is 12.2. The minimum atomic E-state index is -0.641. The van der Waals surface area contributed by atoms with E-state index in [1.54, 1.807) is 14.2 Å². The van der Waals surface area contributed by atoms with Gasteiger partial charge in [-0.25, -0.2) is 0 Å². The average Bonchev–Trinajstić information content (AvgIpc) is 3.16. The van der Waals surface area contributed by atoms with Crippen LogP contribution in [-0.4, -0.2) is 44.9 Å². The highest BCUT2D eigenvalue weighted by Crippen LogP contribution is 2.48. The lowest BCUT2D eigenvalue weighted by molar-refractivity contribution is 0.349. The highest BCUT2D eigenvalue weighted by atomic mass is 31.1. The summed E-state index contributed by atoms with van der Waals surface area (Å²) < 4.78 is 11.3. The van der Waals surface area contributed by atoms with Crippen LogP contribution in [0.2, 0.25) is 0 Å². The molecule has 0 aliphatic heterocycles. The zero-order valence-corrected chi connectivity index (χ0v) is 21.3. The number of rotatable bonds is 7. The summed E-state index contributed by atoms with van der Waals surface area (Å²) in [7, 11) is 7.19. The van der Waals surface area contributed by atoms with Crippen molar-refractivity contribution in [3.05, 3.63) is 70.3 Å². The minimum Gasteiger partial charge on any atom is -0.496 e. The molecule has 2 aromatic rings. The minimum absolute atomic E-state index is 0.367. The summed E-state index contributed by atoms with van der Waals surface area (Å²) in [4.78, 5) is 2.30. The van der Waals surface area contributed by atoms with Crippen LogP contribution < -0.4 is 20.1 Å². The molecule has 4 heteroatoms. The van der Waals surface area contributed by atoms with Gasteiger partial charge in [0, 0.05) is 11.7 Å². The van der Waals surface area contributed by atoms with Gasteiger partial charge in [-0.3, -0.25) is 0 Å². The molecule has 0 bridgehead atoms. The third-order valence-electron chi connectivity index (χ3n) is 6.31. The SMILES string of the molecule is COc1c(C)cc(P(c2cc(C)c(OC)c(C)c2)C2C=CC=C2[C@@H](C)N(C)C)cc1C. The number of nitrogens with zero attached hydrogens (tertiary/aromatic N) is 1. The Bertz CT molecular complexity index is 916. The Kier molecular flexibility index (Phi) is 7.29. The van der Waals surface area contributed by atoms with E-state index in [2.05, 4.69) is 96.1 Å². The molecule has 0 saturated heterocycles. The second kappa shape index (κ2) is 9.59. The third-order valence-corrected chi connectivity index (χ3v) is 8.97. The Morgan fingerprint density at radius 2 is 1.23 bits per heavy atom.